The number of pyridine rings is 1. The molecule has 3 N–H and O–H groups in total. The first-order valence-electron chi connectivity index (χ1n) is 8.46. The van der Waals surface area contributed by atoms with E-state index in [2.05, 4.69) is 15.3 Å². The third-order valence-electron chi connectivity index (χ3n) is 4.32. The van der Waals surface area contributed by atoms with Crippen molar-refractivity contribution in [2.24, 2.45) is 4.99 Å². The molecule has 0 atom stereocenters. The molecule has 2 aromatic rings. The normalized spacial score (nSPS) is 15.4. The number of benzene rings is 1. The fraction of sp³-hybridized carbons (Fsp3) is 0.143. The van der Waals surface area contributed by atoms with Gasteiger partial charge in [0.1, 0.15) is 5.82 Å². The van der Waals surface area contributed by atoms with Crippen molar-refractivity contribution in [2.45, 2.75) is 20.8 Å². The molecule has 0 saturated carbocycles. The number of aromatic nitrogens is 1. The Balaban J connectivity index is 2.25. The van der Waals surface area contributed by atoms with Gasteiger partial charge in [-0.3, -0.25) is 4.98 Å². The Morgan fingerprint density at radius 3 is 2.30 bits per heavy atom. The van der Waals surface area contributed by atoms with Crippen molar-refractivity contribution in [3.63, 3.8) is 0 Å². The lowest BCUT2D eigenvalue weighted by molar-refractivity contribution is -0.129. The van der Waals surface area contributed by atoms with Gasteiger partial charge >= 0.3 is 5.97 Å². The zero-order valence-electron chi connectivity index (χ0n) is 15.4. The molecule has 0 spiro atoms. The molecule has 1 aliphatic rings. The van der Waals surface area contributed by atoms with Gasteiger partial charge in [0, 0.05) is 34.9 Å². The molecule has 0 saturated heterocycles. The van der Waals surface area contributed by atoms with Gasteiger partial charge in [-0.05, 0) is 55.7 Å². The van der Waals surface area contributed by atoms with Gasteiger partial charge in [-0.2, -0.15) is 0 Å². The third kappa shape index (κ3) is 3.69. The number of hydrogen-bond acceptors (Lipinski definition) is 5. The summed E-state index contributed by atoms with van der Waals surface area (Å²) in [5.74, 6) is -0.768. The van der Waals surface area contributed by atoms with Crippen molar-refractivity contribution in [2.75, 3.05) is 0 Å². The Morgan fingerprint density at radius 1 is 1.11 bits per heavy atom. The Labute approximate surface area is 157 Å². The molecule has 2 heterocycles. The second-order valence-electron chi connectivity index (χ2n) is 6.34. The Morgan fingerprint density at radius 2 is 1.74 bits per heavy atom. The number of aliphatic imine (C=N–C) groups is 1. The first-order valence-corrected chi connectivity index (χ1v) is 8.46. The summed E-state index contributed by atoms with van der Waals surface area (Å²) in [5.41, 5.74) is 5.08. The molecule has 6 heteroatoms. The quantitative estimate of drug-likeness (QED) is 0.726. The minimum Gasteiger partial charge on any atom is -0.477 e. The highest BCUT2D eigenvalue weighted by molar-refractivity contribution is 6.42. The highest BCUT2D eigenvalue weighted by atomic mass is 16.4. The number of rotatable bonds is 4. The van der Waals surface area contributed by atoms with E-state index in [9.17, 15) is 9.90 Å². The maximum atomic E-state index is 11.6. The van der Waals surface area contributed by atoms with E-state index in [-0.39, 0.29) is 5.71 Å². The summed E-state index contributed by atoms with van der Waals surface area (Å²) < 4.78 is 0. The molecule has 136 valence electrons. The summed E-state index contributed by atoms with van der Waals surface area (Å²) in [6.45, 7) is 5.61. The van der Waals surface area contributed by atoms with Crippen LogP contribution in [-0.4, -0.2) is 27.5 Å². The molecule has 0 bridgehead atoms. The maximum Gasteiger partial charge on any atom is 0.354 e. The summed E-state index contributed by atoms with van der Waals surface area (Å²) >= 11 is 0. The van der Waals surface area contributed by atoms with Gasteiger partial charge in [-0.25, -0.2) is 9.79 Å². The number of carboxylic acids is 1. The van der Waals surface area contributed by atoms with Crippen molar-refractivity contribution < 1.29 is 9.90 Å². The second-order valence-corrected chi connectivity index (χ2v) is 6.34. The van der Waals surface area contributed by atoms with Crippen LogP contribution in [0, 0.1) is 19.3 Å². The maximum absolute atomic E-state index is 11.6. The number of hydrogen-bond donors (Lipinski definition) is 3. The van der Waals surface area contributed by atoms with E-state index in [1.165, 1.54) is 6.08 Å². The van der Waals surface area contributed by atoms with Gasteiger partial charge in [0.25, 0.3) is 0 Å². The first kappa shape index (κ1) is 18.3. The number of aliphatic carboxylic acids is 1. The fourth-order valence-corrected chi connectivity index (χ4v) is 3.09. The summed E-state index contributed by atoms with van der Waals surface area (Å²) in [6, 6.07) is 9.47. The number of allylic oxidation sites excluding steroid dienone is 1. The molecule has 0 unspecified atom stereocenters. The lowest BCUT2D eigenvalue weighted by Crippen LogP contribution is -2.25. The van der Waals surface area contributed by atoms with Crippen molar-refractivity contribution in [1.29, 1.82) is 5.41 Å². The average Bonchev–Trinajstić information content (AvgIpc) is 2.64. The number of nitrogens with one attached hydrogen (secondary N) is 2. The number of carbonyl (C=O) groups is 1. The highest BCUT2D eigenvalue weighted by Crippen LogP contribution is 2.29. The summed E-state index contributed by atoms with van der Waals surface area (Å²) in [4.78, 5) is 19.9. The van der Waals surface area contributed by atoms with E-state index in [1.54, 1.807) is 31.5 Å². The van der Waals surface area contributed by atoms with Crippen LogP contribution in [0.15, 0.2) is 59.6 Å². The highest BCUT2D eigenvalue weighted by Gasteiger charge is 2.22. The van der Waals surface area contributed by atoms with Gasteiger partial charge in [-0.15, -0.1) is 0 Å². The van der Waals surface area contributed by atoms with Crippen LogP contribution in [-0.2, 0) is 4.79 Å². The summed E-state index contributed by atoms with van der Waals surface area (Å²) in [5, 5.41) is 21.1. The number of aryl methyl sites for hydroxylation is 2. The zero-order chi connectivity index (χ0) is 19.6. The smallest absolute Gasteiger partial charge is 0.354 e. The third-order valence-corrected chi connectivity index (χ3v) is 4.32. The van der Waals surface area contributed by atoms with Crippen LogP contribution < -0.4 is 5.32 Å². The predicted molar refractivity (Wildman–Crippen MR) is 107 cm³/mol. The van der Waals surface area contributed by atoms with Crippen LogP contribution in [0.5, 0.6) is 0 Å². The number of carboxylic acid groups (broad SMARTS) is 1. The van der Waals surface area contributed by atoms with Gasteiger partial charge < -0.3 is 15.8 Å². The fourth-order valence-electron chi connectivity index (χ4n) is 3.09. The molecule has 6 nitrogen and oxygen atoms in total. The summed E-state index contributed by atoms with van der Waals surface area (Å²) in [6.07, 6.45) is 4.77. The summed E-state index contributed by atoms with van der Waals surface area (Å²) in [7, 11) is 0. The molecule has 0 radical (unpaired) electrons. The minimum absolute atomic E-state index is 0.0828. The standard InChI is InChI=1S/C21H20N4O2/c1-12-5-4-6-13(2)18(12)19(14(3)22)20-24-16(11-17(25-20)21(26)27)15-7-9-23-10-8-15/h4-11,22,24H,1-3H3,(H,26,27)/b20-19-,22-14?. The van der Waals surface area contributed by atoms with Crippen molar-refractivity contribution in [3.8, 4) is 0 Å². The number of nitrogens with zero attached hydrogens (tertiary/aromatic N) is 2. The largest absolute Gasteiger partial charge is 0.477 e. The lowest BCUT2D eigenvalue weighted by atomic mass is 9.92. The van der Waals surface area contributed by atoms with Crippen LogP contribution in [0.2, 0.25) is 0 Å². The van der Waals surface area contributed by atoms with Crippen LogP contribution in [0.4, 0.5) is 0 Å². The van der Waals surface area contributed by atoms with Crippen molar-refractivity contribution in [3.05, 3.63) is 76.9 Å². The first-order chi connectivity index (χ1) is 12.9. The molecule has 0 amide bonds. The monoisotopic (exact) mass is 360 g/mol. The van der Waals surface area contributed by atoms with Crippen LogP contribution in [0.1, 0.15) is 29.2 Å². The van der Waals surface area contributed by atoms with Crippen LogP contribution in [0.25, 0.3) is 11.3 Å². The minimum atomic E-state index is -1.12. The topological polar surface area (TPSA) is 98.4 Å². The Kier molecular flexibility index (Phi) is 4.98. The molecule has 1 aromatic heterocycles. The zero-order valence-corrected chi connectivity index (χ0v) is 15.4. The average molecular weight is 360 g/mol. The molecule has 0 fully saturated rings. The van der Waals surface area contributed by atoms with E-state index in [0.29, 0.717) is 22.8 Å². The van der Waals surface area contributed by atoms with E-state index in [4.69, 9.17) is 5.41 Å². The van der Waals surface area contributed by atoms with E-state index >= 15 is 0 Å². The van der Waals surface area contributed by atoms with Gasteiger partial charge in [0.15, 0.2) is 5.71 Å². The molecule has 3 rings (SSSR count). The lowest BCUT2D eigenvalue weighted by Gasteiger charge is -2.22. The molecule has 1 aromatic carbocycles. The van der Waals surface area contributed by atoms with Gasteiger partial charge in [0.05, 0.1) is 0 Å². The van der Waals surface area contributed by atoms with Crippen LogP contribution in [0.3, 0.4) is 0 Å². The van der Waals surface area contributed by atoms with E-state index < -0.39 is 5.97 Å². The predicted octanol–water partition coefficient (Wildman–Crippen LogP) is 3.58. The van der Waals surface area contributed by atoms with E-state index in [0.717, 1.165) is 22.3 Å². The van der Waals surface area contributed by atoms with Crippen molar-refractivity contribution >= 4 is 28.7 Å². The van der Waals surface area contributed by atoms with Crippen LogP contribution >= 0.6 is 0 Å². The Bertz CT molecular complexity index is 997. The molecule has 0 aliphatic carbocycles. The van der Waals surface area contributed by atoms with Crippen molar-refractivity contribution in [1.82, 2.24) is 10.3 Å². The van der Waals surface area contributed by atoms with Gasteiger partial charge in [-0.1, -0.05) is 18.2 Å². The molecule has 27 heavy (non-hydrogen) atoms. The molecular weight excluding hydrogens is 340 g/mol. The van der Waals surface area contributed by atoms with Gasteiger partial charge in [0.2, 0.25) is 0 Å². The SMILES string of the molecule is CC(=N)/C(=C1/N=C(C(=O)O)C=C(c2ccncc2)N1)c1c(C)cccc1C. The molecular formula is C21H20N4O2. The molecule has 1 aliphatic heterocycles. The van der Waals surface area contributed by atoms with E-state index in [1.807, 2.05) is 32.0 Å². The second kappa shape index (κ2) is 7.37. The Hall–Kier alpha value is -3.54.